The fraction of sp³-hybridized carbons (Fsp3) is 0.269. The van der Waals surface area contributed by atoms with E-state index in [0.29, 0.717) is 23.2 Å². The molecule has 13 heteroatoms. The van der Waals surface area contributed by atoms with E-state index in [2.05, 4.69) is 26.3 Å². The molecule has 1 fully saturated rings. The van der Waals surface area contributed by atoms with Gasteiger partial charge in [0.05, 0.1) is 17.4 Å². The number of nitrogens with one attached hydrogen (secondary N) is 3. The quantitative estimate of drug-likeness (QED) is 0.285. The standard InChI is InChI=1S/C26H24FN7O5/c27-19-5-2-1-4-18(19)23(36)28-10-3-11-29-24(37)20-14-34(32-31-20)16-6-7-17-15(12-16)13-33(26(17)39)21-8-9-22(35)30-25(21)38/h1-2,4-7,12,14,21H,3,8-11,13H2,(H,28,36)(H,29,37)(H,30,35,38). The van der Waals surface area contributed by atoms with Crippen molar-refractivity contribution in [3.8, 4) is 5.69 Å². The van der Waals surface area contributed by atoms with Gasteiger partial charge < -0.3 is 15.5 Å². The third-order valence-corrected chi connectivity index (χ3v) is 6.54. The second-order valence-electron chi connectivity index (χ2n) is 9.13. The van der Waals surface area contributed by atoms with Gasteiger partial charge >= 0.3 is 0 Å². The van der Waals surface area contributed by atoms with E-state index < -0.39 is 29.6 Å². The van der Waals surface area contributed by atoms with Crippen molar-refractivity contribution in [2.75, 3.05) is 13.1 Å². The Morgan fingerprint density at radius 3 is 2.59 bits per heavy atom. The molecule has 3 N–H and O–H groups in total. The monoisotopic (exact) mass is 533 g/mol. The van der Waals surface area contributed by atoms with Crippen LogP contribution in [-0.4, -0.2) is 68.6 Å². The zero-order valence-corrected chi connectivity index (χ0v) is 20.6. The molecular weight excluding hydrogens is 509 g/mol. The number of hydrogen-bond acceptors (Lipinski definition) is 7. The highest BCUT2D eigenvalue weighted by Gasteiger charge is 2.39. The molecule has 1 saturated heterocycles. The number of amides is 5. The van der Waals surface area contributed by atoms with Crippen molar-refractivity contribution < 1.29 is 28.4 Å². The van der Waals surface area contributed by atoms with Crippen LogP contribution >= 0.6 is 0 Å². The highest BCUT2D eigenvalue weighted by molar-refractivity contribution is 6.05. The average Bonchev–Trinajstić information content (AvgIpc) is 3.54. The lowest BCUT2D eigenvalue weighted by atomic mass is 10.0. The van der Waals surface area contributed by atoms with Gasteiger partial charge in [-0.05, 0) is 48.7 Å². The predicted molar refractivity (Wildman–Crippen MR) is 133 cm³/mol. The van der Waals surface area contributed by atoms with Gasteiger partial charge in [-0.3, -0.25) is 29.3 Å². The normalized spacial score (nSPS) is 16.6. The molecule has 0 bridgehead atoms. The van der Waals surface area contributed by atoms with Crippen LogP contribution in [0.15, 0.2) is 48.7 Å². The minimum Gasteiger partial charge on any atom is -0.352 e. The molecule has 0 spiro atoms. The molecule has 12 nitrogen and oxygen atoms in total. The summed E-state index contributed by atoms with van der Waals surface area (Å²) in [4.78, 5) is 62.5. The Balaban J connectivity index is 1.14. The van der Waals surface area contributed by atoms with Crippen molar-refractivity contribution in [2.24, 2.45) is 0 Å². The van der Waals surface area contributed by atoms with Crippen molar-refractivity contribution in [3.63, 3.8) is 0 Å². The zero-order valence-electron chi connectivity index (χ0n) is 20.6. The number of carbonyl (C=O) groups is 5. The zero-order chi connectivity index (χ0) is 27.5. The SMILES string of the molecule is O=C1CCC(N2Cc3cc(-n4cc(C(=O)NCCCNC(=O)c5ccccc5F)nn4)ccc3C2=O)C(=O)N1. The van der Waals surface area contributed by atoms with Crippen molar-refractivity contribution in [1.29, 1.82) is 0 Å². The molecule has 2 aliphatic rings. The van der Waals surface area contributed by atoms with E-state index in [4.69, 9.17) is 0 Å². The largest absolute Gasteiger partial charge is 0.352 e. The molecule has 0 radical (unpaired) electrons. The van der Waals surface area contributed by atoms with Gasteiger partial charge in [0.15, 0.2) is 5.69 Å². The topological polar surface area (TPSA) is 155 Å². The maximum absolute atomic E-state index is 13.7. The third kappa shape index (κ3) is 5.37. The number of nitrogens with zero attached hydrogens (tertiary/aromatic N) is 4. The highest BCUT2D eigenvalue weighted by atomic mass is 19.1. The van der Waals surface area contributed by atoms with E-state index in [1.807, 2.05) is 0 Å². The number of aromatic nitrogens is 3. The average molecular weight is 534 g/mol. The summed E-state index contributed by atoms with van der Waals surface area (Å²) in [7, 11) is 0. The molecule has 2 aliphatic heterocycles. The fourth-order valence-electron chi connectivity index (χ4n) is 4.52. The molecule has 5 rings (SSSR count). The first-order valence-corrected chi connectivity index (χ1v) is 12.3. The molecule has 3 aromatic rings. The van der Waals surface area contributed by atoms with Gasteiger partial charge in [0, 0.05) is 31.6 Å². The van der Waals surface area contributed by atoms with E-state index in [1.54, 1.807) is 24.3 Å². The lowest BCUT2D eigenvalue weighted by Crippen LogP contribution is -2.52. The Kier molecular flexibility index (Phi) is 7.12. The van der Waals surface area contributed by atoms with E-state index in [-0.39, 0.29) is 55.5 Å². The number of imide groups is 1. The summed E-state index contributed by atoms with van der Waals surface area (Å²) < 4.78 is 15.1. The van der Waals surface area contributed by atoms with E-state index in [0.717, 1.165) is 0 Å². The van der Waals surface area contributed by atoms with Gasteiger partial charge in [-0.15, -0.1) is 5.10 Å². The van der Waals surface area contributed by atoms with Crippen molar-refractivity contribution >= 4 is 29.5 Å². The Hall–Kier alpha value is -4.94. The number of hydrogen-bond donors (Lipinski definition) is 3. The number of piperidine rings is 1. The van der Waals surface area contributed by atoms with Gasteiger partial charge in [-0.25, -0.2) is 9.07 Å². The maximum atomic E-state index is 13.7. The maximum Gasteiger partial charge on any atom is 0.273 e. The Labute approximate surface area is 221 Å². The van der Waals surface area contributed by atoms with Crippen LogP contribution in [0.25, 0.3) is 5.69 Å². The smallest absolute Gasteiger partial charge is 0.273 e. The van der Waals surface area contributed by atoms with Crippen LogP contribution in [0, 0.1) is 5.82 Å². The first-order chi connectivity index (χ1) is 18.8. The van der Waals surface area contributed by atoms with Crippen LogP contribution in [0.2, 0.25) is 0 Å². The van der Waals surface area contributed by atoms with E-state index in [1.165, 1.54) is 34.0 Å². The first kappa shape index (κ1) is 25.7. The molecule has 39 heavy (non-hydrogen) atoms. The Bertz CT molecular complexity index is 1490. The van der Waals surface area contributed by atoms with Crippen molar-refractivity contribution in [2.45, 2.75) is 31.8 Å². The molecule has 1 aromatic heterocycles. The van der Waals surface area contributed by atoms with Crippen LogP contribution in [0.1, 0.15) is 56.0 Å². The Morgan fingerprint density at radius 1 is 1.05 bits per heavy atom. The minimum atomic E-state index is -0.708. The van der Waals surface area contributed by atoms with Gasteiger partial charge in [0.1, 0.15) is 11.9 Å². The van der Waals surface area contributed by atoms with Gasteiger partial charge in [-0.1, -0.05) is 17.3 Å². The van der Waals surface area contributed by atoms with Gasteiger partial charge in [0.25, 0.3) is 17.7 Å². The van der Waals surface area contributed by atoms with Gasteiger partial charge in [-0.2, -0.15) is 0 Å². The molecule has 1 atom stereocenters. The summed E-state index contributed by atoms with van der Waals surface area (Å²) in [6.45, 7) is 0.702. The summed E-state index contributed by atoms with van der Waals surface area (Å²) in [5.41, 5.74) is 1.77. The molecule has 0 saturated carbocycles. The molecule has 5 amide bonds. The van der Waals surface area contributed by atoms with Crippen LogP contribution in [0.5, 0.6) is 0 Å². The predicted octanol–water partition coefficient (Wildman–Crippen LogP) is 0.717. The molecular formula is C26H24FN7O5. The molecule has 200 valence electrons. The summed E-state index contributed by atoms with van der Waals surface area (Å²) in [6, 6.07) is 10.0. The highest BCUT2D eigenvalue weighted by Crippen LogP contribution is 2.29. The molecule has 0 aliphatic carbocycles. The summed E-state index contributed by atoms with van der Waals surface area (Å²) >= 11 is 0. The summed E-state index contributed by atoms with van der Waals surface area (Å²) in [5.74, 6) is -2.70. The summed E-state index contributed by atoms with van der Waals surface area (Å²) in [5, 5.41) is 15.5. The van der Waals surface area contributed by atoms with Gasteiger partial charge in [0.2, 0.25) is 11.8 Å². The van der Waals surface area contributed by atoms with Crippen molar-refractivity contribution in [1.82, 2.24) is 35.8 Å². The second-order valence-corrected chi connectivity index (χ2v) is 9.13. The fourth-order valence-corrected chi connectivity index (χ4v) is 4.52. The summed E-state index contributed by atoms with van der Waals surface area (Å²) in [6.07, 6.45) is 2.32. The molecule has 2 aromatic carbocycles. The second kappa shape index (κ2) is 10.8. The number of benzene rings is 2. The van der Waals surface area contributed by atoms with Crippen molar-refractivity contribution in [3.05, 3.63) is 76.9 Å². The molecule has 3 heterocycles. The lowest BCUT2D eigenvalue weighted by Gasteiger charge is -2.29. The van der Waals surface area contributed by atoms with E-state index in [9.17, 15) is 28.4 Å². The lowest BCUT2D eigenvalue weighted by molar-refractivity contribution is -0.136. The third-order valence-electron chi connectivity index (χ3n) is 6.54. The minimum absolute atomic E-state index is 0.0437. The number of rotatable bonds is 8. The number of halogens is 1. The molecule has 1 unspecified atom stereocenters. The number of fused-ring (bicyclic) bond motifs is 1. The first-order valence-electron chi connectivity index (χ1n) is 12.3. The van der Waals surface area contributed by atoms with Crippen LogP contribution < -0.4 is 16.0 Å². The van der Waals surface area contributed by atoms with E-state index >= 15 is 0 Å². The van der Waals surface area contributed by atoms with Crippen LogP contribution in [0.3, 0.4) is 0 Å². The Morgan fingerprint density at radius 2 is 1.82 bits per heavy atom. The number of carbonyl (C=O) groups excluding carboxylic acids is 5. The van der Waals surface area contributed by atoms with Crippen LogP contribution in [0.4, 0.5) is 4.39 Å². The van der Waals surface area contributed by atoms with Crippen LogP contribution in [-0.2, 0) is 16.1 Å².